The van der Waals surface area contributed by atoms with Gasteiger partial charge in [0.2, 0.25) is 0 Å². The van der Waals surface area contributed by atoms with Gasteiger partial charge < -0.3 is 5.11 Å². The molecule has 0 unspecified atom stereocenters. The summed E-state index contributed by atoms with van der Waals surface area (Å²) in [5.41, 5.74) is 2.99. The number of thiophene rings is 3. The number of aromatic nitrogens is 1. The van der Waals surface area contributed by atoms with Crippen LogP contribution >= 0.6 is 34.0 Å². The van der Waals surface area contributed by atoms with Crippen molar-refractivity contribution in [3.05, 3.63) is 76.8 Å². The summed E-state index contributed by atoms with van der Waals surface area (Å²) in [6, 6.07) is 17.0. The second-order valence-corrected chi connectivity index (χ2v) is 16.7. The van der Waals surface area contributed by atoms with Gasteiger partial charge in [0, 0.05) is 68.4 Å². The Morgan fingerprint density at radius 2 is 1.49 bits per heavy atom. The van der Waals surface area contributed by atoms with Crippen molar-refractivity contribution in [2.45, 2.75) is 93.4 Å². The minimum Gasteiger partial charge on any atom is -0.512 e. The van der Waals surface area contributed by atoms with Crippen LogP contribution in [0.15, 0.2) is 65.2 Å². The molecule has 4 heterocycles. The number of fused-ring (bicyclic) bond motifs is 6. The fourth-order valence-corrected chi connectivity index (χ4v) is 9.09. The number of hydrogen-bond donors (Lipinski definition) is 1. The van der Waals surface area contributed by atoms with Crippen molar-refractivity contribution in [1.29, 1.82) is 0 Å². The van der Waals surface area contributed by atoms with Crippen LogP contribution in [0.3, 0.4) is 0 Å². The molecule has 0 amide bonds. The van der Waals surface area contributed by atoms with Gasteiger partial charge in [0.1, 0.15) is 5.76 Å². The third-order valence-corrected chi connectivity index (χ3v) is 13.2. The second kappa shape index (κ2) is 14.6. The first kappa shape index (κ1) is 37.4. The van der Waals surface area contributed by atoms with Gasteiger partial charge in [-0.3, -0.25) is 9.78 Å². The molecular formula is C40H46IrNO2S3-. The molecule has 0 aliphatic heterocycles. The number of aliphatic hydroxyl groups is 1. The summed E-state index contributed by atoms with van der Waals surface area (Å²) >= 11 is 5.48. The molecule has 0 saturated carbocycles. The van der Waals surface area contributed by atoms with Crippen molar-refractivity contribution in [1.82, 2.24) is 4.98 Å². The number of benzene rings is 2. The average molecular weight is 861 g/mol. The summed E-state index contributed by atoms with van der Waals surface area (Å²) in [6.07, 6.45) is 6.71. The van der Waals surface area contributed by atoms with Crippen LogP contribution in [0.1, 0.15) is 93.6 Å². The van der Waals surface area contributed by atoms with Gasteiger partial charge in [-0.1, -0.05) is 79.5 Å². The van der Waals surface area contributed by atoms with Crippen molar-refractivity contribution in [3.8, 4) is 11.3 Å². The van der Waals surface area contributed by atoms with E-state index in [0.29, 0.717) is 0 Å². The first-order valence-corrected chi connectivity index (χ1v) is 18.9. The van der Waals surface area contributed by atoms with E-state index < -0.39 is 0 Å². The normalized spacial score (nSPS) is 12.8. The maximum absolute atomic E-state index is 12.2. The van der Waals surface area contributed by atoms with E-state index in [4.69, 9.17) is 4.98 Å². The van der Waals surface area contributed by atoms with Crippen LogP contribution in [-0.2, 0) is 30.3 Å². The maximum atomic E-state index is 12.2. The van der Waals surface area contributed by atoms with Gasteiger partial charge in [-0.05, 0) is 75.5 Å². The Kier molecular flexibility index (Phi) is 11.6. The van der Waals surface area contributed by atoms with E-state index >= 15 is 0 Å². The fourth-order valence-electron chi connectivity index (χ4n) is 5.78. The van der Waals surface area contributed by atoms with E-state index in [1.54, 1.807) is 11.3 Å². The number of ketones is 1. The second-order valence-electron chi connectivity index (χ2n) is 13.9. The smallest absolute Gasteiger partial charge is 0.164 e. The molecule has 0 aliphatic carbocycles. The average Bonchev–Trinajstić information content (AvgIpc) is 3.80. The minimum absolute atomic E-state index is 0. The molecule has 0 spiro atoms. The number of allylic oxidation sites excluding steroid dienone is 2. The fraction of sp³-hybridized carbons (Fsp3) is 0.400. The van der Waals surface area contributed by atoms with Gasteiger partial charge in [-0.2, -0.15) is 11.3 Å². The molecule has 251 valence electrons. The molecule has 1 N–H and O–H groups in total. The van der Waals surface area contributed by atoms with Gasteiger partial charge in [0.05, 0.1) is 0 Å². The molecule has 0 atom stereocenters. The molecule has 0 saturated heterocycles. The van der Waals surface area contributed by atoms with E-state index in [9.17, 15) is 9.90 Å². The Morgan fingerprint density at radius 1 is 0.851 bits per heavy atom. The van der Waals surface area contributed by atoms with Crippen molar-refractivity contribution < 1.29 is 30.0 Å². The Bertz CT molecular complexity index is 2050. The van der Waals surface area contributed by atoms with Gasteiger partial charge >= 0.3 is 0 Å². The van der Waals surface area contributed by atoms with Crippen LogP contribution < -0.4 is 0 Å². The largest absolute Gasteiger partial charge is 0.512 e. The van der Waals surface area contributed by atoms with Crippen molar-refractivity contribution >= 4 is 80.1 Å². The molecule has 0 bridgehead atoms. The van der Waals surface area contributed by atoms with E-state index in [1.165, 1.54) is 52.0 Å². The number of aliphatic hydroxyl groups excluding tert-OH is 1. The van der Waals surface area contributed by atoms with Gasteiger partial charge in [0.25, 0.3) is 0 Å². The number of pyridine rings is 1. The molecule has 7 heteroatoms. The van der Waals surface area contributed by atoms with Crippen LogP contribution in [0.25, 0.3) is 51.6 Å². The van der Waals surface area contributed by atoms with Crippen LogP contribution in [0.5, 0.6) is 0 Å². The summed E-state index contributed by atoms with van der Waals surface area (Å²) in [6.45, 7) is 18.9. The molecule has 6 aromatic rings. The van der Waals surface area contributed by atoms with Crippen LogP contribution in [0, 0.1) is 16.9 Å². The quantitative estimate of drug-likeness (QED) is 0.0942. The number of carbonyl (C=O) groups excluding carboxylic acids is 1. The Balaban J connectivity index is 0.000000242. The molecule has 47 heavy (non-hydrogen) atoms. The van der Waals surface area contributed by atoms with Gasteiger partial charge in [-0.15, -0.1) is 46.3 Å². The zero-order chi connectivity index (χ0) is 33.4. The molecule has 6 rings (SSSR count). The molecule has 0 aliphatic rings. The molecule has 0 fully saturated rings. The van der Waals surface area contributed by atoms with Crippen LogP contribution in [-0.4, -0.2) is 15.9 Å². The Morgan fingerprint density at radius 3 is 2.13 bits per heavy atom. The predicted molar refractivity (Wildman–Crippen MR) is 204 cm³/mol. The van der Waals surface area contributed by atoms with E-state index in [1.807, 2.05) is 70.4 Å². The number of hydrogen-bond acceptors (Lipinski definition) is 6. The molecule has 1 radical (unpaired) electrons. The van der Waals surface area contributed by atoms with Gasteiger partial charge in [0.15, 0.2) is 5.78 Å². The third-order valence-electron chi connectivity index (χ3n) is 10.1. The number of rotatable bonds is 8. The SMILES string of the molecule is CC(C)(C)c1cc(-c2nccc3c2sc2ccc4ccsc4c23)[c-]c2ccsc12.CCC(C)(CC)C(=O)/C=C(\O)C(C)(CC)CC.[Ir]. The van der Waals surface area contributed by atoms with Crippen molar-refractivity contribution in [2.75, 3.05) is 0 Å². The van der Waals surface area contributed by atoms with Crippen LogP contribution in [0.4, 0.5) is 0 Å². The van der Waals surface area contributed by atoms with Crippen LogP contribution in [0.2, 0.25) is 0 Å². The third kappa shape index (κ3) is 7.16. The van der Waals surface area contributed by atoms with E-state index in [-0.39, 0.29) is 47.9 Å². The summed E-state index contributed by atoms with van der Waals surface area (Å²) in [7, 11) is 0. The topological polar surface area (TPSA) is 50.2 Å². The maximum Gasteiger partial charge on any atom is 0.164 e. The summed E-state index contributed by atoms with van der Waals surface area (Å²) in [5.74, 6) is 0.286. The van der Waals surface area contributed by atoms with Gasteiger partial charge in [-0.25, -0.2) is 0 Å². The predicted octanol–water partition coefficient (Wildman–Crippen LogP) is 13.3. The Labute approximate surface area is 305 Å². The van der Waals surface area contributed by atoms with E-state index in [0.717, 1.165) is 36.9 Å². The first-order valence-electron chi connectivity index (χ1n) is 16.4. The monoisotopic (exact) mass is 861 g/mol. The standard InChI is InChI=1S/C25H18NS3.C15H28O2.Ir/c1-25(2,3)18-13-16(12-15-8-11-27-22(15)18)21-24-17(6-9-26-21)20-19(29-24)5-4-14-7-10-28-23(14)20;1-7-14(5,8-2)12(16)11-13(17)15(6,9-3)10-4;/h4-11,13H,1-3H3;11,16H,7-10H2,1-6H3;/q-1;;/b;12-11-;. The number of carbonyl (C=O) groups is 1. The van der Waals surface area contributed by atoms with Crippen molar-refractivity contribution in [3.63, 3.8) is 0 Å². The zero-order valence-electron chi connectivity index (χ0n) is 29.0. The summed E-state index contributed by atoms with van der Waals surface area (Å²) in [4.78, 5) is 17.0. The molecule has 3 nitrogen and oxygen atoms in total. The van der Waals surface area contributed by atoms with Crippen molar-refractivity contribution in [2.24, 2.45) is 10.8 Å². The molecular weight excluding hydrogens is 815 g/mol. The summed E-state index contributed by atoms with van der Waals surface area (Å²) < 4.78 is 5.30. The molecule has 2 aromatic carbocycles. The molecule has 4 aromatic heterocycles. The Hall–Kier alpha value is -2.41. The summed E-state index contributed by atoms with van der Waals surface area (Å²) in [5, 5.41) is 19.7. The first-order chi connectivity index (χ1) is 21.8. The zero-order valence-corrected chi connectivity index (χ0v) is 33.8. The minimum atomic E-state index is -0.337. The van der Waals surface area contributed by atoms with E-state index in [2.05, 4.69) is 74.0 Å². The number of nitrogens with zero attached hydrogens (tertiary/aromatic N) is 1.